The number of hydrogen-bond acceptors (Lipinski definition) is 9. The largest absolute Gasteiger partial charge is 0.465 e. The van der Waals surface area contributed by atoms with Crippen molar-refractivity contribution < 1.29 is 32.4 Å². The summed E-state index contributed by atoms with van der Waals surface area (Å²) in [5.41, 5.74) is -0.129. The molecule has 1 aromatic carbocycles. The molecule has 0 fully saturated rings. The molecule has 0 bridgehead atoms. The van der Waals surface area contributed by atoms with E-state index in [2.05, 4.69) is 30.9 Å². The van der Waals surface area contributed by atoms with Crippen LogP contribution in [0.25, 0.3) is 0 Å². The summed E-state index contributed by atoms with van der Waals surface area (Å²) in [6, 6.07) is 3.71. The van der Waals surface area contributed by atoms with Crippen LogP contribution in [0.2, 0.25) is 0 Å². The molecular formula is C17H17N3O7S. The van der Waals surface area contributed by atoms with Gasteiger partial charge < -0.3 is 14.4 Å². The summed E-state index contributed by atoms with van der Waals surface area (Å²) in [5, 5.41) is 3.48. The van der Waals surface area contributed by atoms with Gasteiger partial charge >= 0.3 is 11.9 Å². The number of allylic oxidation sites excluding steroid dienone is 4. The minimum Gasteiger partial charge on any atom is -0.465 e. The quantitative estimate of drug-likeness (QED) is 0.529. The van der Waals surface area contributed by atoms with E-state index in [1.807, 2.05) is 0 Å². The van der Waals surface area contributed by atoms with Gasteiger partial charge in [-0.3, -0.25) is 4.72 Å². The molecule has 0 saturated carbocycles. The van der Waals surface area contributed by atoms with Gasteiger partial charge in [0.05, 0.1) is 35.9 Å². The standard InChI is InChI=1S/C17H17N3O7S/c1-10-13(19-27-18)5-4-6-15(10)28(23,24)20-14-9-11(16(21)25-2)7-8-12(14)17(22)26-3/h4-9,20H,1,18H2,2-3H3/b19-13-. The van der Waals surface area contributed by atoms with Crippen molar-refractivity contribution in [2.45, 2.75) is 0 Å². The maximum Gasteiger partial charge on any atom is 0.339 e. The normalized spacial score (nSPS) is 15.0. The van der Waals surface area contributed by atoms with Crippen LogP contribution in [0.3, 0.4) is 0 Å². The molecule has 28 heavy (non-hydrogen) atoms. The third-order valence-electron chi connectivity index (χ3n) is 3.64. The zero-order valence-electron chi connectivity index (χ0n) is 15.0. The number of sulfonamides is 1. The number of benzene rings is 1. The van der Waals surface area contributed by atoms with Crippen LogP contribution in [-0.2, 0) is 24.4 Å². The molecule has 0 heterocycles. The predicted molar refractivity (Wildman–Crippen MR) is 101 cm³/mol. The number of hydrogen-bond donors (Lipinski definition) is 2. The number of carbonyl (C=O) groups is 2. The molecule has 11 heteroatoms. The molecule has 0 aliphatic heterocycles. The third kappa shape index (κ3) is 4.27. The maximum atomic E-state index is 12.9. The Morgan fingerprint density at radius 2 is 1.86 bits per heavy atom. The average molecular weight is 407 g/mol. The van der Waals surface area contributed by atoms with Gasteiger partial charge in [-0.25, -0.2) is 18.0 Å². The highest BCUT2D eigenvalue weighted by Crippen LogP contribution is 2.27. The number of carbonyl (C=O) groups excluding carboxylic acids is 2. The Balaban J connectivity index is 2.50. The van der Waals surface area contributed by atoms with Crippen LogP contribution in [0.15, 0.2) is 58.6 Å². The van der Waals surface area contributed by atoms with E-state index in [1.54, 1.807) is 0 Å². The molecule has 0 unspecified atom stereocenters. The molecule has 10 nitrogen and oxygen atoms in total. The summed E-state index contributed by atoms with van der Waals surface area (Å²) in [5.74, 6) is 3.37. The molecule has 1 aromatic rings. The van der Waals surface area contributed by atoms with Gasteiger partial charge in [0.1, 0.15) is 5.71 Å². The van der Waals surface area contributed by atoms with E-state index in [9.17, 15) is 18.0 Å². The lowest BCUT2D eigenvalue weighted by molar-refractivity contribution is 0.0587. The fourth-order valence-electron chi connectivity index (χ4n) is 2.31. The van der Waals surface area contributed by atoms with Crippen molar-refractivity contribution in [1.82, 2.24) is 0 Å². The van der Waals surface area contributed by atoms with Gasteiger partial charge in [0.15, 0.2) is 0 Å². The lowest BCUT2D eigenvalue weighted by atomic mass is 10.1. The van der Waals surface area contributed by atoms with Crippen molar-refractivity contribution in [3.05, 3.63) is 64.6 Å². The number of rotatable bonds is 6. The topological polar surface area (TPSA) is 146 Å². The van der Waals surface area contributed by atoms with Crippen LogP contribution >= 0.6 is 0 Å². The van der Waals surface area contributed by atoms with Crippen molar-refractivity contribution in [2.75, 3.05) is 18.9 Å². The number of ether oxygens (including phenoxy) is 2. The molecule has 1 aliphatic rings. The van der Waals surface area contributed by atoms with Crippen molar-refractivity contribution in [3.63, 3.8) is 0 Å². The molecule has 148 valence electrons. The van der Waals surface area contributed by atoms with E-state index in [0.29, 0.717) is 0 Å². The molecular weight excluding hydrogens is 390 g/mol. The van der Waals surface area contributed by atoms with Gasteiger partial charge in [-0.15, -0.1) is 5.90 Å². The zero-order chi connectivity index (χ0) is 20.9. The van der Waals surface area contributed by atoms with Crippen molar-refractivity contribution in [3.8, 4) is 0 Å². The first kappa shape index (κ1) is 20.9. The van der Waals surface area contributed by atoms with E-state index in [0.717, 1.165) is 13.2 Å². The first-order valence-electron chi connectivity index (χ1n) is 7.60. The summed E-state index contributed by atoms with van der Waals surface area (Å²) in [7, 11) is -1.92. The number of esters is 2. The molecule has 0 amide bonds. The van der Waals surface area contributed by atoms with Gasteiger partial charge in [-0.2, -0.15) is 0 Å². The van der Waals surface area contributed by atoms with Gasteiger partial charge in [-0.05, 0) is 30.4 Å². The van der Waals surface area contributed by atoms with Crippen molar-refractivity contribution >= 4 is 33.4 Å². The highest BCUT2D eigenvalue weighted by molar-refractivity contribution is 7.96. The van der Waals surface area contributed by atoms with E-state index < -0.39 is 22.0 Å². The first-order valence-corrected chi connectivity index (χ1v) is 9.09. The van der Waals surface area contributed by atoms with Crippen LogP contribution in [-0.4, -0.2) is 40.3 Å². The van der Waals surface area contributed by atoms with Gasteiger partial charge in [0, 0.05) is 5.57 Å². The Morgan fingerprint density at radius 3 is 2.46 bits per heavy atom. The summed E-state index contributed by atoms with van der Waals surface area (Å²) in [4.78, 5) is 27.7. The SMILES string of the molecule is C=C1C(S(=O)(=O)Nc2cc(C(=O)OC)ccc2C(=O)OC)=CC=C/C1=N/ON. The molecule has 0 aromatic heterocycles. The van der Waals surface area contributed by atoms with Gasteiger partial charge in [-0.1, -0.05) is 17.8 Å². The molecule has 0 saturated heterocycles. The molecule has 0 radical (unpaired) electrons. The number of methoxy groups -OCH3 is 2. The molecule has 3 N–H and O–H groups in total. The van der Waals surface area contributed by atoms with E-state index >= 15 is 0 Å². The smallest absolute Gasteiger partial charge is 0.339 e. The fraction of sp³-hybridized carbons (Fsp3) is 0.118. The second-order valence-electron chi connectivity index (χ2n) is 5.30. The van der Waals surface area contributed by atoms with Crippen LogP contribution in [0.4, 0.5) is 5.69 Å². The molecule has 2 rings (SSSR count). The Bertz CT molecular complexity index is 1020. The summed E-state index contributed by atoms with van der Waals surface area (Å²) in [6.07, 6.45) is 4.14. The average Bonchev–Trinajstić information content (AvgIpc) is 2.68. The monoisotopic (exact) mass is 407 g/mol. The van der Waals surface area contributed by atoms with Crippen LogP contribution in [0.5, 0.6) is 0 Å². The van der Waals surface area contributed by atoms with Crippen molar-refractivity contribution in [2.24, 2.45) is 11.1 Å². The lowest BCUT2D eigenvalue weighted by Gasteiger charge is -2.17. The molecule has 1 aliphatic carbocycles. The highest BCUT2D eigenvalue weighted by atomic mass is 32.2. The van der Waals surface area contributed by atoms with E-state index in [4.69, 9.17) is 5.90 Å². The van der Waals surface area contributed by atoms with E-state index in [-0.39, 0.29) is 33.0 Å². The fourth-order valence-corrected chi connectivity index (χ4v) is 3.56. The molecule has 0 spiro atoms. The summed E-state index contributed by atoms with van der Waals surface area (Å²) in [6.45, 7) is 3.67. The Morgan fingerprint density at radius 1 is 1.18 bits per heavy atom. The summed E-state index contributed by atoms with van der Waals surface area (Å²) >= 11 is 0. The zero-order valence-corrected chi connectivity index (χ0v) is 15.8. The van der Waals surface area contributed by atoms with Crippen LogP contribution in [0, 0.1) is 0 Å². The Kier molecular flexibility index (Phi) is 6.33. The second kappa shape index (κ2) is 8.50. The highest BCUT2D eigenvalue weighted by Gasteiger charge is 2.27. The Hall–Kier alpha value is -3.44. The minimum absolute atomic E-state index is 0.0178. The van der Waals surface area contributed by atoms with Crippen molar-refractivity contribution in [1.29, 1.82) is 0 Å². The summed E-state index contributed by atoms with van der Waals surface area (Å²) < 4.78 is 37.2. The minimum atomic E-state index is -4.23. The lowest BCUT2D eigenvalue weighted by Crippen LogP contribution is -2.22. The number of anilines is 1. The first-order chi connectivity index (χ1) is 13.2. The maximum absolute atomic E-state index is 12.9. The van der Waals surface area contributed by atoms with Gasteiger partial charge in [0.2, 0.25) is 0 Å². The number of nitrogens with one attached hydrogen (secondary N) is 1. The molecule has 0 atom stereocenters. The van der Waals surface area contributed by atoms with E-state index in [1.165, 1.54) is 37.5 Å². The Labute approximate surface area is 160 Å². The predicted octanol–water partition coefficient (Wildman–Crippen LogP) is 1.26. The third-order valence-corrected chi connectivity index (χ3v) is 5.09. The number of oxime groups is 1. The number of nitrogens with two attached hydrogens (primary N) is 1. The number of nitrogens with zero attached hydrogens (tertiary/aromatic N) is 1. The van der Waals surface area contributed by atoms with Crippen LogP contribution < -0.4 is 10.6 Å². The second-order valence-corrected chi connectivity index (χ2v) is 6.95. The van der Waals surface area contributed by atoms with Crippen LogP contribution in [0.1, 0.15) is 20.7 Å². The van der Waals surface area contributed by atoms with Gasteiger partial charge in [0.25, 0.3) is 10.0 Å².